The van der Waals surface area contributed by atoms with Crippen LogP contribution in [0.15, 0.2) is 16.5 Å². The summed E-state index contributed by atoms with van der Waals surface area (Å²) < 4.78 is 43.3. The molecule has 1 saturated carbocycles. The maximum atomic E-state index is 12.3. The van der Waals surface area contributed by atoms with Crippen molar-refractivity contribution in [2.45, 2.75) is 64.5 Å². The van der Waals surface area contributed by atoms with Crippen molar-refractivity contribution >= 4 is 11.9 Å². The summed E-state index contributed by atoms with van der Waals surface area (Å²) in [7, 11) is 0. The number of carboxylic acid groups (broad SMARTS) is 1. The van der Waals surface area contributed by atoms with Crippen LogP contribution in [0.4, 0.5) is 13.2 Å². The number of aliphatic carboxylic acids is 1. The number of carbonyl (C=O) groups is 2. The van der Waals surface area contributed by atoms with Gasteiger partial charge < -0.3 is 19.6 Å². The van der Waals surface area contributed by atoms with E-state index in [-0.39, 0.29) is 24.0 Å². The van der Waals surface area contributed by atoms with Crippen LogP contribution in [0, 0.1) is 12.8 Å². The van der Waals surface area contributed by atoms with Crippen molar-refractivity contribution in [2.24, 2.45) is 5.92 Å². The van der Waals surface area contributed by atoms with Crippen molar-refractivity contribution in [3.05, 3.63) is 23.7 Å². The van der Waals surface area contributed by atoms with E-state index in [9.17, 15) is 18.0 Å². The molecule has 2 aliphatic rings. The first-order valence-electron chi connectivity index (χ1n) is 9.48. The third kappa shape index (κ3) is 6.74. The first-order chi connectivity index (χ1) is 13.5. The van der Waals surface area contributed by atoms with Crippen LogP contribution < -0.4 is 5.32 Å². The summed E-state index contributed by atoms with van der Waals surface area (Å²) in [5.74, 6) is -0.584. The van der Waals surface area contributed by atoms with Gasteiger partial charge in [0.05, 0.1) is 19.3 Å². The number of hydrogen-bond acceptors (Lipinski definition) is 5. The summed E-state index contributed by atoms with van der Waals surface area (Å²) >= 11 is 0. The Balaban J connectivity index is 0.000000370. The number of fused-ring (bicyclic) bond motifs is 1. The highest BCUT2D eigenvalue weighted by molar-refractivity contribution is 5.79. The van der Waals surface area contributed by atoms with Crippen LogP contribution in [0.25, 0.3) is 0 Å². The first kappa shape index (κ1) is 23.2. The minimum atomic E-state index is -5.08. The van der Waals surface area contributed by atoms with E-state index in [0.717, 1.165) is 44.1 Å². The molecule has 2 N–H and O–H groups in total. The van der Waals surface area contributed by atoms with Gasteiger partial charge in [-0.3, -0.25) is 9.69 Å². The third-order valence-electron chi connectivity index (χ3n) is 4.85. The number of carbonyl (C=O) groups excluding carboxylic acids is 1. The van der Waals surface area contributed by atoms with Gasteiger partial charge in [-0.2, -0.15) is 13.2 Å². The molecule has 0 aromatic carbocycles. The molecule has 1 aromatic heterocycles. The largest absolute Gasteiger partial charge is 0.490 e. The summed E-state index contributed by atoms with van der Waals surface area (Å²) in [5, 5.41) is 10.2. The lowest BCUT2D eigenvalue weighted by Crippen LogP contribution is -2.47. The highest BCUT2D eigenvalue weighted by Crippen LogP contribution is 2.35. The molecule has 1 aromatic rings. The molecule has 1 saturated heterocycles. The van der Waals surface area contributed by atoms with Gasteiger partial charge in [0.2, 0.25) is 5.91 Å². The van der Waals surface area contributed by atoms with Crippen LogP contribution in [-0.4, -0.2) is 59.4 Å². The van der Waals surface area contributed by atoms with Crippen LogP contribution in [0.3, 0.4) is 0 Å². The first-order valence-corrected chi connectivity index (χ1v) is 9.48. The molecular formula is C19H27F3N2O5. The van der Waals surface area contributed by atoms with Gasteiger partial charge in [-0.15, -0.1) is 0 Å². The van der Waals surface area contributed by atoms with Crippen LogP contribution in [0.5, 0.6) is 0 Å². The Morgan fingerprint density at radius 2 is 1.97 bits per heavy atom. The molecular weight excluding hydrogens is 393 g/mol. The average Bonchev–Trinajstić information content (AvgIpc) is 3.21. The van der Waals surface area contributed by atoms with Crippen molar-refractivity contribution < 1.29 is 37.0 Å². The van der Waals surface area contributed by atoms with Crippen molar-refractivity contribution in [3.63, 3.8) is 0 Å². The standard InChI is InChI=1S/C17H26N2O3.C2HF3O2/c1-11(2)18-17(20)13-8-15-16(9-13)21-7-6-19(15)10-14-5-4-12(3)22-14;3-2(4,5)1(6)7/h4-5,11,13,15-16H,6-10H2,1-3H3,(H,18,20);(H,6,7)/t13-,15+,16+;/m0./s1. The number of ether oxygens (including phenoxy) is 1. The molecule has 164 valence electrons. The quantitative estimate of drug-likeness (QED) is 0.778. The topological polar surface area (TPSA) is 92.0 Å². The van der Waals surface area contributed by atoms with Gasteiger partial charge in [-0.1, -0.05) is 0 Å². The van der Waals surface area contributed by atoms with Gasteiger partial charge in [-0.05, 0) is 45.7 Å². The van der Waals surface area contributed by atoms with Gasteiger partial charge in [0.1, 0.15) is 11.5 Å². The SMILES string of the molecule is Cc1ccc(CN2CCO[C@@H]3C[C@@H](C(=O)NC(C)C)C[C@H]32)o1.O=C(O)C(F)(F)F. The number of hydrogen-bond donors (Lipinski definition) is 2. The lowest BCUT2D eigenvalue weighted by atomic mass is 10.1. The maximum Gasteiger partial charge on any atom is 0.490 e. The van der Waals surface area contributed by atoms with Crippen molar-refractivity contribution in [2.75, 3.05) is 13.2 Å². The Bertz CT molecular complexity index is 704. The molecule has 29 heavy (non-hydrogen) atoms. The fraction of sp³-hybridized carbons (Fsp3) is 0.684. The zero-order valence-electron chi connectivity index (χ0n) is 16.7. The summed E-state index contributed by atoms with van der Waals surface area (Å²) in [6, 6.07) is 4.55. The zero-order chi connectivity index (χ0) is 21.8. The highest BCUT2D eigenvalue weighted by atomic mass is 19.4. The second kappa shape index (κ2) is 9.62. The van der Waals surface area contributed by atoms with Crippen molar-refractivity contribution in [1.29, 1.82) is 0 Å². The second-order valence-electron chi connectivity index (χ2n) is 7.59. The minimum Gasteiger partial charge on any atom is -0.475 e. The van der Waals surface area contributed by atoms with Crippen LogP contribution in [0.2, 0.25) is 0 Å². The lowest BCUT2D eigenvalue weighted by molar-refractivity contribution is -0.192. The van der Waals surface area contributed by atoms with Gasteiger partial charge in [0.25, 0.3) is 0 Å². The minimum absolute atomic E-state index is 0.0661. The molecule has 7 nitrogen and oxygen atoms in total. The normalized spacial score (nSPS) is 24.6. The van der Waals surface area contributed by atoms with Crippen LogP contribution in [0.1, 0.15) is 38.2 Å². The summed E-state index contributed by atoms with van der Waals surface area (Å²) in [4.78, 5) is 23.6. The van der Waals surface area contributed by atoms with E-state index >= 15 is 0 Å². The number of morpholine rings is 1. The second-order valence-corrected chi connectivity index (χ2v) is 7.59. The molecule has 3 rings (SSSR count). The van der Waals surface area contributed by atoms with E-state index in [4.69, 9.17) is 19.1 Å². The molecule has 1 aliphatic carbocycles. The van der Waals surface area contributed by atoms with E-state index in [2.05, 4.69) is 10.2 Å². The Labute approximate surface area is 167 Å². The van der Waals surface area contributed by atoms with Crippen molar-refractivity contribution in [3.8, 4) is 0 Å². The number of nitrogens with zero attached hydrogens (tertiary/aromatic N) is 1. The number of halogens is 3. The van der Waals surface area contributed by atoms with Gasteiger partial charge in [0.15, 0.2) is 0 Å². The molecule has 3 atom stereocenters. The summed E-state index contributed by atoms with van der Waals surface area (Å²) in [6.45, 7) is 8.41. The molecule has 0 spiro atoms. The molecule has 2 fully saturated rings. The number of furan rings is 1. The number of carboxylic acids is 1. The van der Waals surface area contributed by atoms with Crippen LogP contribution in [-0.2, 0) is 20.9 Å². The Morgan fingerprint density at radius 3 is 2.48 bits per heavy atom. The summed E-state index contributed by atoms with van der Waals surface area (Å²) in [5.41, 5.74) is 0. The molecule has 0 unspecified atom stereocenters. The van der Waals surface area contributed by atoms with E-state index in [1.165, 1.54) is 0 Å². The summed E-state index contributed by atoms with van der Waals surface area (Å²) in [6.07, 6.45) is -3.20. The molecule has 10 heteroatoms. The average molecular weight is 420 g/mol. The Hall–Kier alpha value is -2.07. The van der Waals surface area contributed by atoms with E-state index in [1.54, 1.807) is 0 Å². The molecule has 1 amide bonds. The molecule has 0 radical (unpaired) electrons. The fourth-order valence-corrected chi connectivity index (χ4v) is 3.61. The van der Waals surface area contributed by atoms with Gasteiger partial charge in [0, 0.05) is 24.5 Å². The van der Waals surface area contributed by atoms with E-state index in [1.807, 2.05) is 32.9 Å². The van der Waals surface area contributed by atoms with E-state index in [0.29, 0.717) is 6.04 Å². The predicted octanol–water partition coefficient (Wildman–Crippen LogP) is 2.73. The number of aryl methyl sites for hydroxylation is 1. The number of rotatable bonds is 4. The maximum absolute atomic E-state index is 12.3. The predicted molar refractivity (Wildman–Crippen MR) is 97.1 cm³/mol. The van der Waals surface area contributed by atoms with Crippen molar-refractivity contribution in [1.82, 2.24) is 10.2 Å². The molecule has 0 bridgehead atoms. The number of nitrogens with one attached hydrogen (secondary N) is 1. The monoisotopic (exact) mass is 420 g/mol. The smallest absolute Gasteiger partial charge is 0.475 e. The zero-order valence-corrected chi connectivity index (χ0v) is 16.7. The number of alkyl halides is 3. The fourth-order valence-electron chi connectivity index (χ4n) is 3.61. The van der Waals surface area contributed by atoms with Gasteiger partial charge >= 0.3 is 12.1 Å². The number of amides is 1. The lowest BCUT2D eigenvalue weighted by Gasteiger charge is -2.37. The highest BCUT2D eigenvalue weighted by Gasteiger charge is 2.43. The Morgan fingerprint density at radius 1 is 1.31 bits per heavy atom. The molecule has 1 aliphatic heterocycles. The van der Waals surface area contributed by atoms with Crippen LogP contribution >= 0.6 is 0 Å². The van der Waals surface area contributed by atoms with E-state index < -0.39 is 12.1 Å². The Kier molecular flexibility index (Phi) is 7.70. The van der Waals surface area contributed by atoms with Gasteiger partial charge in [-0.25, -0.2) is 4.79 Å². The third-order valence-corrected chi connectivity index (χ3v) is 4.85. The molecule has 2 heterocycles.